The second-order valence-electron chi connectivity index (χ2n) is 5.38. The molecule has 1 N–H and O–H groups in total. The van der Waals surface area contributed by atoms with Crippen LogP contribution in [0, 0.1) is 5.82 Å². The maximum atomic E-state index is 13.8. The van der Waals surface area contributed by atoms with Crippen LogP contribution in [0.4, 0.5) is 4.39 Å². The van der Waals surface area contributed by atoms with E-state index >= 15 is 0 Å². The van der Waals surface area contributed by atoms with Crippen molar-refractivity contribution < 1.29 is 23.5 Å². The molecule has 0 fully saturated rings. The van der Waals surface area contributed by atoms with Crippen molar-refractivity contribution in [3.8, 4) is 5.75 Å². The maximum absolute atomic E-state index is 13.8. The molecule has 5 nitrogen and oxygen atoms in total. The molecule has 2 rings (SSSR count). The average Bonchev–Trinajstić information content (AvgIpc) is 2.61. The molecule has 26 heavy (non-hydrogen) atoms. The van der Waals surface area contributed by atoms with Crippen molar-refractivity contribution >= 4 is 35.1 Å². The van der Waals surface area contributed by atoms with Gasteiger partial charge in [0.15, 0.2) is 6.61 Å². The molecule has 1 amide bonds. The maximum Gasteiger partial charge on any atom is 0.341 e. The smallest absolute Gasteiger partial charge is 0.341 e. The van der Waals surface area contributed by atoms with Crippen LogP contribution in [0.3, 0.4) is 0 Å². The largest absolute Gasteiger partial charge is 0.497 e. The fourth-order valence-electron chi connectivity index (χ4n) is 2.15. The van der Waals surface area contributed by atoms with E-state index in [9.17, 15) is 14.0 Å². The second-order valence-corrected chi connectivity index (χ2v) is 6.20. The van der Waals surface area contributed by atoms with Gasteiger partial charge in [0.25, 0.3) is 5.91 Å². The summed E-state index contributed by atoms with van der Waals surface area (Å²) in [7, 11) is 1.38. The van der Waals surface area contributed by atoms with Crippen molar-refractivity contribution in [2.45, 2.75) is 13.0 Å². The first-order valence-electron chi connectivity index (χ1n) is 7.56. The SMILES string of the molecule is COc1ccc(C(=O)OCC(=O)N[C@H](C)c2ccc(Cl)c(Cl)c2)c(F)c1. The number of carbonyl (C=O) groups excluding carboxylic acids is 2. The van der Waals surface area contributed by atoms with E-state index in [1.54, 1.807) is 25.1 Å². The lowest BCUT2D eigenvalue weighted by Crippen LogP contribution is -2.31. The summed E-state index contributed by atoms with van der Waals surface area (Å²) in [5, 5.41) is 3.43. The lowest BCUT2D eigenvalue weighted by atomic mass is 10.1. The zero-order valence-corrected chi connectivity index (χ0v) is 15.5. The van der Waals surface area contributed by atoms with Crippen molar-refractivity contribution in [2.75, 3.05) is 13.7 Å². The summed E-state index contributed by atoms with van der Waals surface area (Å²) in [5.41, 5.74) is 0.455. The molecule has 138 valence electrons. The highest BCUT2D eigenvalue weighted by Crippen LogP contribution is 2.25. The van der Waals surface area contributed by atoms with E-state index in [-0.39, 0.29) is 17.4 Å². The molecule has 0 heterocycles. The summed E-state index contributed by atoms with van der Waals surface area (Å²) >= 11 is 11.8. The number of nitrogens with one attached hydrogen (secondary N) is 1. The quantitative estimate of drug-likeness (QED) is 0.740. The van der Waals surface area contributed by atoms with Crippen molar-refractivity contribution in [1.82, 2.24) is 5.32 Å². The molecule has 0 aliphatic carbocycles. The van der Waals surface area contributed by atoms with Crippen LogP contribution in [0.1, 0.15) is 28.9 Å². The van der Waals surface area contributed by atoms with E-state index in [1.807, 2.05) is 0 Å². The number of hydrogen-bond donors (Lipinski definition) is 1. The topological polar surface area (TPSA) is 64.6 Å². The molecule has 0 spiro atoms. The fourth-order valence-corrected chi connectivity index (χ4v) is 2.45. The highest BCUT2D eigenvalue weighted by atomic mass is 35.5. The average molecular weight is 400 g/mol. The van der Waals surface area contributed by atoms with Gasteiger partial charge < -0.3 is 14.8 Å². The van der Waals surface area contributed by atoms with E-state index in [0.717, 1.165) is 11.6 Å². The van der Waals surface area contributed by atoms with E-state index in [2.05, 4.69) is 5.32 Å². The second kappa shape index (κ2) is 8.87. The molecule has 0 radical (unpaired) electrons. The minimum absolute atomic E-state index is 0.271. The third kappa shape index (κ3) is 5.09. The number of rotatable bonds is 6. The van der Waals surface area contributed by atoms with Crippen LogP contribution >= 0.6 is 23.2 Å². The van der Waals surface area contributed by atoms with E-state index < -0.39 is 24.3 Å². The number of amides is 1. The van der Waals surface area contributed by atoms with Gasteiger partial charge in [0, 0.05) is 6.07 Å². The molecule has 0 aliphatic rings. The van der Waals surface area contributed by atoms with Crippen LogP contribution in [-0.4, -0.2) is 25.6 Å². The van der Waals surface area contributed by atoms with Crippen LogP contribution in [0.2, 0.25) is 10.0 Å². The van der Waals surface area contributed by atoms with Gasteiger partial charge in [0.05, 0.1) is 28.8 Å². The summed E-state index contributed by atoms with van der Waals surface area (Å²) in [5.74, 6) is -2.00. The zero-order chi connectivity index (χ0) is 19.3. The number of esters is 1. The van der Waals surface area contributed by atoms with Gasteiger partial charge in [-0.2, -0.15) is 0 Å². The number of halogens is 3. The molecule has 0 aromatic heterocycles. The molecule has 0 aliphatic heterocycles. The minimum Gasteiger partial charge on any atom is -0.497 e. The standard InChI is InChI=1S/C18H16Cl2FNO4/c1-10(11-3-6-14(19)15(20)7-11)22-17(23)9-26-18(24)13-5-4-12(25-2)8-16(13)21/h3-8,10H,9H2,1-2H3,(H,22,23)/t10-/m1/s1. The van der Waals surface area contributed by atoms with E-state index in [1.165, 1.54) is 19.2 Å². The number of benzene rings is 2. The van der Waals surface area contributed by atoms with Crippen LogP contribution < -0.4 is 10.1 Å². The molecule has 0 unspecified atom stereocenters. The monoisotopic (exact) mass is 399 g/mol. The lowest BCUT2D eigenvalue weighted by molar-refractivity contribution is -0.124. The van der Waals surface area contributed by atoms with Crippen LogP contribution in [0.25, 0.3) is 0 Å². The van der Waals surface area contributed by atoms with Crippen molar-refractivity contribution in [2.24, 2.45) is 0 Å². The molecule has 0 bridgehead atoms. The Kier molecular flexibility index (Phi) is 6.83. The van der Waals surface area contributed by atoms with Gasteiger partial charge in [-0.3, -0.25) is 4.79 Å². The first kappa shape index (κ1) is 20.0. The molecule has 0 saturated heterocycles. The van der Waals surface area contributed by atoms with Gasteiger partial charge in [0.2, 0.25) is 0 Å². The van der Waals surface area contributed by atoms with Gasteiger partial charge >= 0.3 is 5.97 Å². The Bertz CT molecular complexity index is 829. The lowest BCUT2D eigenvalue weighted by Gasteiger charge is -2.15. The van der Waals surface area contributed by atoms with E-state index in [0.29, 0.717) is 10.0 Å². The Hall–Kier alpha value is -2.31. The Labute approximate surface area is 160 Å². The summed E-state index contributed by atoms with van der Waals surface area (Å²) in [6.07, 6.45) is 0. The summed E-state index contributed by atoms with van der Waals surface area (Å²) in [6, 6.07) is 8.30. The van der Waals surface area contributed by atoms with Crippen molar-refractivity contribution in [3.05, 3.63) is 63.4 Å². The number of methoxy groups -OCH3 is 1. The fraction of sp³-hybridized carbons (Fsp3) is 0.222. The molecule has 2 aromatic rings. The van der Waals surface area contributed by atoms with Gasteiger partial charge in [0.1, 0.15) is 11.6 Å². The predicted octanol–water partition coefficient (Wildman–Crippen LogP) is 4.18. The zero-order valence-electron chi connectivity index (χ0n) is 14.0. The van der Waals surface area contributed by atoms with Crippen molar-refractivity contribution in [3.63, 3.8) is 0 Å². The Morgan fingerprint density at radius 2 is 1.88 bits per heavy atom. The predicted molar refractivity (Wildman–Crippen MR) is 96.3 cm³/mol. The Morgan fingerprint density at radius 3 is 2.50 bits per heavy atom. The molecule has 1 atom stereocenters. The van der Waals surface area contributed by atoms with Crippen molar-refractivity contribution in [1.29, 1.82) is 0 Å². The first-order chi connectivity index (χ1) is 12.3. The third-order valence-corrected chi connectivity index (χ3v) is 4.29. The Balaban J connectivity index is 1.91. The van der Waals surface area contributed by atoms with Gasteiger partial charge in [-0.1, -0.05) is 29.3 Å². The van der Waals surface area contributed by atoms with E-state index in [4.69, 9.17) is 32.7 Å². The number of carbonyl (C=O) groups is 2. The number of hydrogen-bond acceptors (Lipinski definition) is 4. The first-order valence-corrected chi connectivity index (χ1v) is 8.32. The molecular formula is C18H16Cl2FNO4. The summed E-state index contributed by atoms with van der Waals surface area (Å²) < 4.78 is 23.5. The summed E-state index contributed by atoms with van der Waals surface area (Å²) in [4.78, 5) is 23.8. The van der Waals surface area contributed by atoms with Gasteiger partial charge in [-0.05, 0) is 36.8 Å². The molecular weight excluding hydrogens is 384 g/mol. The van der Waals surface area contributed by atoms with Crippen LogP contribution in [0.15, 0.2) is 36.4 Å². The highest BCUT2D eigenvalue weighted by molar-refractivity contribution is 6.42. The summed E-state index contributed by atoms with van der Waals surface area (Å²) in [6.45, 7) is 1.19. The normalized spacial score (nSPS) is 11.6. The highest BCUT2D eigenvalue weighted by Gasteiger charge is 2.17. The van der Waals surface area contributed by atoms with Gasteiger partial charge in [-0.15, -0.1) is 0 Å². The van der Waals surface area contributed by atoms with Gasteiger partial charge in [-0.25, -0.2) is 9.18 Å². The molecule has 8 heteroatoms. The Morgan fingerprint density at radius 1 is 1.15 bits per heavy atom. The third-order valence-electron chi connectivity index (χ3n) is 3.55. The van der Waals surface area contributed by atoms with Crippen LogP contribution in [-0.2, 0) is 9.53 Å². The number of ether oxygens (including phenoxy) is 2. The molecule has 2 aromatic carbocycles. The van der Waals surface area contributed by atoms with Crippen LogP contribution in [0.5, 0.6) is 5.75 Å². The molecule has 0 saturated carbocycles. The minimum atomic E-state index is -0.942.